The summed E-state index contributed by atoms with van der Waals surface area (Å²) >= 11 is 1.87. The van der Waals surface area contributed by atoms with Crippen LogP contribution in [0.5, 0.6) is 0 Å². The highest BCUT2D eigenvalue weighted by atomic mass is 32.2. The van der Waals surface area contributed by atoms with Crippen LogP contribution in [0.15, 0.2) is 29.2 Å². The summed E-state index contributed by atoms with van der Waals surface area (Å²) in [5.74, 6) is 2.06. The molecule has 1 aromatic rings. The third kappa shape index (κ3) is 5.45. The molecule has 2 unspecified atom stereocenters. The number of nitrogens with zero attached hydrogens (tertiary/aromatic N) is 1. The highest BCUT2D eigenvalue weighted by Gasteiger charge is 2.22. The molecule has 0 bridgehead atoms. The summed E-state index contributed by atoms with van der Waals surface area (Å²) in [7, 11) is -3.45. The molecule has 0 aliphatic carbocycles. The zero-order chi connectivity index (χ0) is 19.2. The molecule has 1 aliphatic rings. The molecule has 2 N–H and O–H groups in total. The maximum Gasteiger partial charge on any atom is 0.243 e. The van der Waals surface area contributed by atoms with Crippen LogP contribution in [0, 0.1) is 0 Å². The van der Waals surface area contributed by atoms with Crippen LogP contribution in [0.4, 0.5) is 0 Å². The van der Waals surface area contributed by atoms with E-state index >= 15 is 0 Å². The number of benzene rings is 1. The molecule has 0 spiro atoms. The second kappa shape index (κ2) is 9.73. The second-order valence-corrected chi connectivity index (χ2v) is 9.47. The van der Waals surface area contributed by atoms with Gasteiger partial charge in [0.2, 0.25) is 15.9 Å². The zero-order valence-electron chi connectivity index (χ0n) is 15.7. The Labute approximate surface area is 161 Å². The van der Waals surface area contributed by atoms with Gasteiger partial charge in [0.15, 0.2) is 0 Å². The van der Waals surface area contributed by atoms with Gasteiger partial charge in [-0.2, -0.15) is 16.1 Å². The van der Waals surface area contributed by atoms with Crippen molar-refractivity contribution in [2.75, 3.05) is 31.1 Å². The number of sulfonamides is 1. The van der Waals surface area contributed by atoms with E-state index in [0.29, 0.717) is 19.5 Å². The van der Waals surface area contributed by atoms with Gasteiger partial charge in [-0.3, -0.25) is 4.79 Å². The Balaban J connectivity index is 1.97. The molecule has 1 saturated heterocycles. The van der Waals surface area contributed by atoms with Gasteiger partial charge < -0.3 is 10.6 Å². The molecule has 1 amide bonds. The minimum atomic E-state index is -3.45. The molecule has 1 heterocycles. The highest BCUT2D eigenvalue weighted by molar-refractivity contribution is 7.99. The van der Waals surface area contributed by atoms with Gasteiger partial charge >= 0.3 is 0 Å². The third-order valence-electron chi connectivity index (χ3n) is 4.53. The lowest BCUT2D eigenvalue weighted by Gasteiger charge is -2.23. The van der Waals surface area contributed by atoms with E-state index in [1.54, 1.807) is 24.3 Å². The summed E-state index contributed by atoms with van der Waals surface area (Å²) in [6.07, 6.45) is 0.464. The summed E-state index contributed by atoms with van der Waals surface area (Å²) in [6.45, 7) is 7.40. The van der Waals surface area contributed by atoms with Crippen LogP contribution in [0.1, 0.15) is 38.8 Å². The van der Waals surface area contributed by atoms with E-state index < -0.39 is 10.0 Å². The molecule has 1 aromatic carbocycles. The average Bonchev–Trinajstić information content (AvgIpc) is 2.63. The molecule has 146 valence electrons. The molecule has 26 heavy (non-hydrogen) atoms. The van der Waals surface area contributed by atoms with Crippen LogP contribution in [-0.2, 0) is 14.8 Å². The fourth-order valence-corrected chi connectivity index (χ4v) is 5.41. The normalized spacial score (nSPS) is 19.3. The van der Waals surface area contributed by atoms with Crippen molar-refractivity contribution >= 4 is 27.7 Å². The van der Waals surface area contributed by atoms with Crippen molar-refractivity contribution < 1.29 is 13.2 Å². The lowest BCUT2D eigenvalue weighted by Crippen LogP contribution is -2.41. The van der Waals surface area contributed by atoms with Crippen molar-refractivity contribution in [3.63, 3.8) is 0 Å². The van der Waals surface area contributed by atoms with E-state index in [0.717, 1.165) is 23.6 Å². The van der Waals surface area contributed by atoms with Gasteiger partial charge in [-0.25, -0.2) is 8.42 Å². The van der Waals surface area contributed by atoms with E-state index in [2.05, 4.69) is 10.6 Å². The number of carbonyl (C=O) groups is 1. The molecule has 0 saturated carbocycles. The van der Waals surface area contributed by atoms with Crippen molar-refractivity contribution in [2.45, 2.75) is 44.2 Å². The Morgan fingerprint density at radius 1 is 1.31 bits per heavy atom. The molecule has 2 atom stereocenters. The Hall–Kier alpha value is -1.09. The van der Waals surface area contributed by atoms with Gasteiger partial charge in [-0.1, -0.05) is 26.0 Å². The van der Waals surface area contributed by atoms with E-state index in [9.17, 15) is 13.2 Å². The summed E-state index contributed by atoms with van der Waals surface area (Å²) in [4.78, 5) is 12.5. The Morgan fingerprint density at radius 2 is 1.96 bits per heavy atom. The first-order valence-electron chi connectivity index (χ1n) is 9.09. The SMILES string of the molecule is CCN(CC)S(=O)(=O)c1ccc(C(C)NC(=O)CC2CSCCN2)cc1. The standard InChI is InChI=1S/C18H29N3O3S2/c1-4-21(5-2)26(23,24)17-8-6-15(7-9-17)14(3)20-18(22)12-16-13-25-11-10-19-16/h6-9,14,16,19H,4-5,10-13H2,1-3H3,(H,20,22). The number of hydrogen-bond acceptors (Lipinski definition) is 5. The monoisotopic (exact) mass is 399 g/mol. The minimum absolute atomic E-state index is 0.0114. The van der Waals surface area contributed by atoms with E-state index in [4.69, 9.17) is 0 Å². The molecule has 0 radical (unpaired) electrons. The molecular weight excluding hydrogens is 370 g/mol. The van der Waals surface area contributed by atoms with Crippen LogP contribution < -0.4 is 10.6 Å². The van der Waals surface area contributed by atoms with Gasteiger partial charge in [0, 0.05) is 43.6 Å². The second-order valence-electron chi connectivity index (χ2n) is 6.38. The van der Waals surface area contributed by atoms with E-state index in [1.807, 2.05) is 32.5 Å². The minimum Gasteiger partial charge on any atom is -0.350 e. The average molecular weight is 400 g/mol. The smallest absolute Gasteiger partial charge is 0.243 e. The number of carbonyl (C=O) groups excluding carboxylic acids is 1. The van der Waals surface area contributed by atoms with Crippen molar-refractivity contribution in [3.8, 4) is 0 Å². The zero-order valence-corrected chi connectivity index (χ0v) is 17.3. The van der Waals surface area contributed by atoms with E-state index in [-0.39, 0.29) is 22.9 Å². The lowest BCUT2D eigenvalue weighted by molar-refractivity contribution is -0.122. The third-order valence-corrected chi connectivity index (χ3v) is 7.73. The Morgan fingerprint density at radius 3 is 2.50 bits per heavy atom. The Kier molecular flexibility index (Phi) is 7.94. The van der Waals surface area contributed by atoms with Gasteiger partial charge in [-0.05, 0) is 24.6 Å². The van der Waals surface area contributed by atoms with Crippen molar-refractivity contribution in [1.82, 2.24) is 14.9 Å². The number of nitrogens with one attached hydrogen (secondary N) is 2. The predicted molar refractivity (Wildman–Crippen MR) is 107 cm³/mol. The molecule has 0 aromatic heterocycles. The number of amides is 1. The van der Waals surface area contributed by atoms with Crippen molar-refractivity contribution in [3.05, 3.63) is 29.8 Å². The number of rotatable bonds is 8. The molecule has 8 heteroatoms. The van der Waals surface area contributed by atoms with E-state index in [1.165, 1.54) is 4.31 Å². The maximum absolute atomic E-state index is 12.5. The van der Waals surface area contributed by atoms with Gasteiger partial charge in [0.25, 0.3) is 0 Å². The quantitative estimate of drug-likeness (QED) is 0.699. The largest absolute Gasteiger partial charge is 0.350 e. The summed E-state index contributed by atoms with van der Waals surface area (Å²) in [5, 5.41) is 6.35. The molecule has 1 aliphatic heterocycles. The predicted octanol–water partition coefficient (Wildman–Crippen LogP) is 1.99. The van der Waals surface area contributed by atoms with Crippen LogP contribution in [0.25, 0.3) is 0 Å². The van der Waals surface area contributed by atoms with Gasteiger partial charge in [0.1, 0.15) is 0 Å². The van der Waals surface area contributed by atoms with Crippen LogP contribution in [-0.4, -0.2) is 55.8 Å². The topological polar surface area (TPSA) is 78.5 Å². The first-order chi connectivity index (χ1) is 12.4. The Bertz CT molecular complexity index is 682. The first kappa shape index (κ1) is 21.2. The molecule has 2 rings (SSSR count). The van der Waals surface area contributed by atoms with Gasteiger partial charge in [-0.15, -0.1) is 0 Å². The molecule has 1 fully saturated rings. The highest BCUT2D eigenvalue weighted by Crippen LogP contribution is 2.20. The fourth-order valence-electron chi connectivity index (χ4n) is 3.00. The number of thioether (sulfide) groups is 1. The maximum atomic E-state index is 12.5. The molecule has 6 nitrogen and oxygen atoms in total. The summed E-state index contributed by atoms with van der Waals surface area (Å²) < 4.78 is 26.5. The van der Waals surface area contributed by atoms with Crippen molar-refractivity contribution in [1.29, 1.82) is 0 Å². The molecular formula is C18H29N3O3S2. The summed E-state index contributed by atoms with van der Waals surface area (Å²) in [6, 6.07) is 6.84. The lowest BCUT2D eigenvalue weighted by atomic mass is 10.1. The fraction of sp³-hybridized carbons (Fsp3) is 0.611. The number of hydrogen-bond donors (Lipinski definition) is 2. The summed E-state index contributed by atoms with van der Waals surface area (Å²) in [5.41, 5.74) is 0.892. The van der Waals surface area contributed by atoms with Crippen LogP contribution in [0.3, 0.4) is 0 Å². The van der Waals surface area contributed by atoms with Crippen LogP contribution >= 0.6 is 11.8 Å². The van der Waals surface area contributed by atoms with Crippen molar-refractivity contribution in [2.24, 2.45) is 0 Å². The first-order valence-corrected chi connectivity index (χ1v) is 11.7. The van der Waals surface area contributed by atoms with Gasteiger partial charge in [0.05, 0.1) is 10.9 Å². The van der Waals surface area contributed by atoms with Crippen LogP contribution in [0.2, 0.25) is 0 Å².